The zero-order valence-electron chi connectivity index (χ0n) is 12.2. The van der Waals surface area contributed by atoms with Crippen molar-refractivity contribution in [1.82, 2.24) is 4.90 Å². The van der Waals surface area contributed by atoms with E-state index in [2.05, 4.69) is 18.7 Å². The molecule has 1 heterocycles. The molecule has 0 radical (unpaired) electrons. The Hall–Kier alpha value is -0.930. The number of nitrogens with zero attached hydrogens (tertiary/aromatic N) is 1. The number of nitrogens with two attached hydrogens (primary N) is 1. The van der Waals surface area contributed by atoms with E-state index in [-0.39, 0.29) is 11.9 Å². The Balaban J connectivity index is 2.14. The lowest BCUT2D eigenvalue weighted by Crippen LogP contribution is -2.32. The molecule has 1 aromatic rings. The van der Waals surface area contributed by atoms with Crippen LogP contribution in [0.5, 0.6) is 0 Å². The van der Waals surface area contributed by atoms with Gasteiger partial charge in [0.1, 0.15) is 5.82 Å². The predicted molar refractivity (Wildman–Crippen MR) is 77.5 cm³/mol. The fraction of sp³-hybridized carbons (Fsp3) is 0.625. The smallest absolute Gasteiger partial charge is 0.126 e. The summed E-state index contributed by atoms with van der Waals surface area (Å²) in [5.41, 5.74) is 7.81. The molecular formula is C16H25FN2. The molecular weight excluding hydrogens is 239 g/mol. The standard InChI is InChI=1S/C16H25FN2/c1-11(2)14-6-7-19(10-14)16(9-18)13-4-5-15(17)12(3)8-13/h4-5,8,11,14,16H,6-7,9-10,18H2,1-3H3. The third-order valence-corrected chi connectivity index (χ3v) is 4.43. The minimum absolute atomic E-state index is 0.138. The molecule has 2 nitrogen and oxygen atoms in total. The van der Waals surface area contributed by atoms with E-state index in [1.807, 2.05) is 19.1 Å². The second kappa shape index (κ2) is 6.02. The van der Waals surface area contributed by atoms with E-state index in [9.17, 15) is 4.39 Å². The molecule has 19 heavy (non-hydrogen) atoms. The second-order valence-electron chi connectivity index (χ2n) is 6.05. The van der Waals surface area contributed by atoms with Gasteiger partial charge in [0, 0.05) is 19.1 Å². The molecule has 0 spiro atoms. The Morgan fingerprint density at radius 3 is 2.68 bits per heavy atom. The van der Waals surface area contributed by atoms with E-state index < -0.39 is 0 Å². The Bertz CT molecular complexity index is 431. The molecule has 0 amide bonds. The highest BCUT2D eigenvalue weighted by atomic mass is 19.1. The average Bonchev–Trinajstić information content (AvgIpc) is 2.84. The first kappa shape index (κ1) is 14.5. The van der Waals surface area contributed by atoms with Crippen LogP contribution in [0.3, 0.4) is 0 Å². The van der Waals surface area contributed by atoms with Gasteiger partial charge in [-0.05, 0) is 48.9 Å². The van der Waals surface area contributed by atoms with Crippen LogP contribution in [0.25, 0.3) is 0 Å². The van der Waals surface area contributed by atoms with Crippen LogP contribution < -0.4 is 5.73 Å². The van der Waals surface area contributed by atoms with Crippen molar-refractivity contribution in [3.8, 4) is 0 Å². The van der Waals surface area contributed by atoms with Crippen molar-refractivity contribution in [3.05, 3.63) is 35.1 Å². The van der Waals surface area contributed by atoms with Crippen LogP contribution in [0.15, 0.2) is 18.2 Å². The molecule has 1 aliphatic heterocycles. The zero-order chi connectivity index (χ0) is 14.0. The molecule has 1 aromatic carbocycles. The molecule has 1 aliphatic rings. The largest absolute Gasteiger partial charge is 0.329 e. The number of halogens is 1. The Labute approximate surface area is 115 Å². The van der Waals surface area contributed by atoms with Crippen molar-refractivity contribution in [2.24, 2.45) is 17.6 Å². The van der Waals surface area contributed by atoms with Gasteiger partial charge in [-0.2, -0.15) is 0 Å². The predicted octanol–water partition coefficient (Wildman–Crippen LogP) is 3.11. The number of rotatable bonds is 4. The van der Waals surface area contributed by atoms with Crippen molar-refractivity contribution in [1.29, 1.82) is 0 Å². The molecule has 3 heteroatoms. The lowest BCUT2D eigenvalue weighted by atomic mass is 9.95. The van der Waals surface area contributed by atoms with Crippen LogP contribution in [0.1, 0.15) is 37.4 Å². The molecule has 1 saturated heterocycles. The topological polar surface area (TPSA) is 29.3 Å². The van der Waals surface area contributed by atoms with Crippen molar-refractivity contribution in [2.45, 2.75) is 33.2 Å². The van der Waals surface area contributed by atoms with Crippen LogP contribution >= 0.6 is 0 Å². The number of likely N-dealkylation sites (tertiary alicyclic amines) is 1. The molecule has 0 saturated carbocycles. The van der Waals surface area contributed by atoms with Gasteiger partial charge in [0.2, 0.25) is 0 Å². The summed E-state index contributed by atoms with van der Waals surface area (Å²) in [5, 5.41) is 0. The van der Waals surface area contributed by atoms with Crippen LogP contribution in [-0.2, 0) is 0 Å². The van der Waals surface area contributed by atoms with Gasteiger partial charge in [0.25, 0.3) is 0 Å². The summed E-state index contributed by atoms with van der Waals surface area (Å²) >= 11 is 0. The van der Waals surface area contributed by atoms with E-state index in [0.29, 0.717) is 12.1 Å². The van der Waals surface area contributed by atoms with E-state index in [0.717, 1.165) is 30.5 Å². The molecule has 106 valence electrons. The number of hydrogen-bond donors (Lipinski definition) is 1. The maximum absolute atomic E-state index is 13.4. The minimum Gasteiger partial charge on any atom is -0.329 e. The quantitative estimate of drug-likeness (QED) is 0.905. The Kier molecular flexibility index (Phi) is 4.58. The molecule has 1 fully saturated rings. The highest BCUT2D eigenvalue weighted by Gasteiger charge is 2.30. The first-order valence-electron chi connectivity index (χ1n) is 7.23. The maximum Gasteiger partial charge on any atom is 0.126 e. The van der Waals surface area contributed by atoms with Gasteiger partial charge < -0.3 is 5.73 Å². The number of benzene rings is 1. The van der Waals surface area contributed by atoms with E-state index in [4.69, 9.17) is 5.73 Å². The van der Waals surface area contributed by atoms with Gasteiger partial charge in [-0.25, -0.2) is 4.39 Å². The summed E-state index contributed by atoms with van der Waals surface area (Å²) in [5.74, 6) is 1.34. The average molecular weight is 264 g/mol. The summed E-state index contributed by atoms with van der Waals surface area (Å²) in [7, 11) is 0. The number of aryl methyl sites for hydroxylation is 1. The molecule has 2 N–H and O–H groups in total. The van der Waals surface area contributed by atoms with Crippen LogP contribution in [0.2, 0.25) is 0 Å². The SMILES string of the molecule is Cc1cc(C(CN)N2CCC(C(C)C)C2)ccc1F. The highest BCUT2D eigenvalue weighted by molar-refractivity contribution is 5.27. The Morgan fingerprint density at radius 1 is 1.42 bits per heavy atom. The maximum atomic E-state index is 13.4. The monoisotopic (exact) mass is 264 g/mol. The van der Waals surface area contributed by atoms with Crippen molar-refractivity contribution < 1.29 is 4.39 Å². The van der Waals surface area contributed by atoms with Crippen molar-refractivity contribution >= 4 is 0 Å². The summed E-state index contributed by atoms with van der Waals surface area (Å²) < 4.78 is 13.4. The Morgan fingerprint density at radius 2 is 2.16 bits per heavy atom. The molecule has 0 bridgehead atoms. The van der Waals surface area contributed by atoms with Gasteiger partial charge in [-0.15, -0.1) is 0 Å². The van der Waals surface area contributed by atoms with Crippen LogP contribution in [0, 0.1) is 24.6 Å². The molecule has 0 aromatic heterocycles. The molecule has 2 rings (SSSR count). The van der Waals surface area contributed by atoms with E-state index in [1.165, 1.54) is 6.42 Å². The fourth-order valence-corrected chi connectivity index (χ4v) is 3.01. The summed E-state index contributed by atoms with van der Waals surface area (Å²) in [6.45, 7) is 9.18. The minimum atomic E-state index is -0.138. The van der Waals surface area contributed by atoms with Crippen molar-refractivity contribution in [2.75, 3.05) is 19.6 Å². The normalized spacial score (nSPS) is 22.1. The van der Waals surface area contributed by atoms with E-state index in [1.54, 1.807) is 6.07 Å². The third kappa shape index (κ3) is 3.15. The number of hydrogen-bond acceptors (Lipinski definition) is 2. The summed E-state index contributed by atoms with van der Waals surface area (Å²) in [6, 6.07) is 5.60. The lowest BCUT2D eigenvalue weighted by molar-refractivity contribution is 0.232. The third-order valence-electron chi connectivity index (χ3n) is 4.43. The van der Waals surface area contributed by atoms with E-state index >= 15 is 0 Å². The summed E-state index contributed by atoms with van der Waals surface area (Å²) in [6.07, 6.45) is 1.24. The fourth-order valence-electron chi connectivity index (χ4n) is 3.01. The van der Waals surface area contributed by atoms with Gasteiger partial charge in [-0.3, -0.25) is 4.90 Å². The van der Waals surface area contributed by atoms with Crippen LogP contribution in [0.4, 0.5) is 4.39 Å². The highest BCUT2D eigenvalue weighted by Crippen LogP contribution is 2.31. The first-order valence-corrected chi connectivity index (χ1v) is 7.23. The summed E-state index contributed by atoms with van der Waals surface area (Å²) in [4.78, 5) is 2.46. The molecule has 0 aliphatic carbocycles. The second-order valence-corrected chi connectivity index (χ2v) is 6.05. The lowest BCUT2D eigenvalue weighted by Gasteiger charge is -2.28. The first-order chi connectivity index (χ1) is 9.02. The van der Waals surface area contributed by atoms with Gasteiger partial charge in [-0.1, -0.05) is 26.0 Å². The zero-order valence-corrected chi connectivity index (χ0v) is 12.2. The van der Waals surface area contributed by atoms with Crippen LogP contribution in [-0.4, -0.2) is 24.5 Å². The van der Waals surface area contributed by atoms with Gasteiger partial charge >= 0.3 is 0 Å². The van der Waals surface area contributed by atoms with Gasteiger partial charge in [0.15, 0.2) is 0 Å². The molecule has 2 unspecified atom stereocenters. The van der Waals surface area contributed by atoms with Crippen molar-refractivity contribution in [3.63, 3.8) is 0 Å². The molecule has 2 atom stereocenters. The van der Waals surface area contributed by atoms with Gasteiger partial charge in [0.05, 0.1) is 0 Å².